The van der Waals surface area contributed by atoms with Crippen molar-refractivity contribution in [2.24, 2.45) is 5.92 Å². The maximum absolute atomic E-state index is 5.61. The first-order valence-electron chi connectivity index (χ1n) is 8.31. The molecular formula is C17H25N3O2S. The molecule has 0 amide bonds. The van der Waals surface area contributed by atoms with Crippen LogP contribution in [0.15, 0.2) is 16.0 Å². The van der Waals surface area contributed by atoms with Gasteiger partial charge in [-0.3, -0.25) is 4.90 Å². The molecule has 23 heavy (non-hydrogen) atoms. The van der Waals surface area contributed by atoms with Crippen LogP contribution in [0, 0.1) is 12.8 Å². The first kappa shape index (κ1) is 16.6. The van der Waals surface area contributed by atoms with E-state index in [0.717, 1.165) is 38.4 Å². The van der Waals surface area contributed by atoms with Gasteiger partial charge >= 0.3 is 0 Å². The Labute approximate surface area is 141 Å². The molecule has 0 aromatic carbocycles. The van der Waals surface area contributed by atoms with Gasteiger partial charge in [0.05, 0.1) is 6.54 Å². The van der Waals surface area contributed by atoms with Crippen molar-refractivity contribution in [3.05, 3.63) is 33.6 Å². The number of nitrogens with zero attached hydrogens (tertiary/aromatic N) is 3. The van der Waals surface area contributed by atoms with Gasteiger partial charge < -0.3 is 9.26 Å². The SMILES string of the molecule is Cc1ccsc1CN(Cc1noc([C@@H]2CCCO2)n1)CC(C)C. The highest BCUT2D eigenvalue weighted by Gasteiger charge is 2.24. The molecule has 0 aliphatic carbocycles. The Bertz CT molecular complexity index is 617. The minimum atomic E-state index is -0.00524. The molecule has 1 aliphatic heterocycles. The molecule has 0 N–H and O–H groups in total. The summed E-state index contributed by atoms with van der Waals surface area (Å²) in [4.78, 5) is 8.36. The molecule has 0 saturated carbocycles. The zero-order valence-corrected chi connectivity index (χ0v) is 14.9. The Balaban J connectivity index is 1.66. The lowest BCUT2D eigenvalue weighted by atomic mass is 10.2. The normalized spacial score (nSPS) is 18.4. The largest absolute Gasteiger partial charge is 0.368 e. The molecule has 5 nitrogen and oxygen atoms in total. The van der Waals surface area contributed by atoms with Crippen LogP contribution in [-0.4, -0.2) is 28.2 Å². The van der Waals surface area contributed by atoms with E-state index in [1.54, 1.807) is 0 Å². The van der Waals surface area contributed by atoms with Gasteiger partial charge in [0.15, 0.2) is 5.82 Å². The molecule has 2 aromatic heterocycles. The summed E-state index contributed by atoms with van der Waals surface area (Å²) in [5.41, 5.74) is 1.36. The fraction of sp³-hybridized carbons (Fsp3) is 0.647. The molecule has 0 spiro atoms. The average molecular weight is 335 g/mol. The molecule has 0 bridgehead atoms. The van der Waals surface area contributed by atoms with Crippen LogP contribution in [0.25, 0.3) is 0 Å². The van der Waals surface area contributed by atoms with Gasteiger partial charge in [0.25, 0.3) is 5.89 Å². The van der Waals surface area contributed by atoms with E-state index in [0.29, 0.717) is 18.4 Å². The van der Waals surface area contributed by atoms with E-state index in [1.807, 2.05) is 11.3 Å². The Morgan fingerprint density at radius 3 is 2.91 bits per heavy atom. The number of ether oxygens (including phenoxy) is 1. The maximum atomic E-state index is 5.61. The van der Waals surface area contributed by atoms with E-state index in [4.69, 9.17) is 9.26 Å². The number of thiophene rings is 1. The van der Waals surface area contributed by atoms with Crippen LogP contribution < -0.4 is 0 Å². The fourth-order valence-corrected chi connectivity index (χ4v) is 3.85. The van der Waals surface area contributed by atoms with Crippen LogP contribution in [0.3, 0.4) is 0 Å². The standard InChI is InChI=1S/C17H25N3O2S/c1-12(2)9-20(10-15-13(3)6-8-23-15)11-16-18-17(22-19-16)14-5-4-7-21-14/h6,8,12,14H,4-5,7,9-11H2,1-3H3/t14-/m0/s1. The van der Waals surface area contributed by atoms with E-state index in [2.05, 4.69) is 47.3 Å². The van der Waals surface area contributed by atoms with Crippen LogP contribution in [-0.2, 0) is 17.8 Å². The second-order valence-electron chi connectivity index (χ2n) is 6.64. The van der Waals surface area contributed by atoms with Gasteiger partial charge in [0.1, 0.15) is 6.10 Å². The zero-order chi connectivity index (χ0) is 16.2. The van der Waals surface area contributed by atoms with Gasteiger partial charge in [-0.05, 0) is 42.7 Å². The van der Waals surface area contributed by atoms with Crippen molar-refractivity contribution in [1.82, 2.24) is 15.0 Å². The highest BCUT2D eigenvalue weighted by molar-refractivity contribution is 7.10. The minimum Gasteiger partial charge on any atom is -0.368 e. The Hall–Kier alpha value is -1.24. The third-order valence-corrected chi connectivity index (χ3v) is 5.02. The van der Waals surface area contributed by atoms with E-state index < -0.39 is 0 Å². The molecule has 3 rings (SSSR count). The molecule has 0 radical (unpaired) electrons. The predicted molar refractivity (Wildman–Crippen MR) is 90.2 cm³/mol. The molecule has 1 atom stereocenters. The minimum absolute atomic E-state index is 0.00524. The fourth-order valence-electron chi connectivity index (χ4n) is 2.91. The quantitative estimate of drug-likeness (QED) is 0.767. The first-order chi connectivity index (χ1) is 11.1. The molecule has 1 saturated heterocycles. The van der Waals surface area contributed by atoms with Crippen molar-refractivity contribution in [2.45, 2.75) is 52.8 Å². The Morgan fingerprint density at radius 2 is 2.26 bits per heavy atom. The monoisotopic (exact) mass is 335 g/mol. The highest BCUT2D eigenvalue weighted by Crippen LogP contribution is 2.27. The molecule has 3 heterocycles. The van der Waals surface area contributed by atoms with Crippen LogP contribution in [0.1, 0.15) is 54.9 Å². The van der Waals surface area contributed by atoms with Crippen molar-refractivity contribution in [3.8, 4) is 0 Å². The van der Waals surface area contributed by atoms with Crippen LogP contribution in [0.4, 0.5) is 0 Å². The second kappa shape index (κ2) is 7.55. The number of aryl methyl sites for hydroxylation is 1. The second-order valence-corrected chi connectivity index (χ2v) is 7.64. The summed E-state index contributed by atoms with van der Waals surface area (Å²) >= 11 is 1.82. The topological polar surface area (TPSA) is 51.4 Å². The van der Waals surface area contributed by atoms with Crippen LogP contribution >= 0.6 is 11.3 Å². The van der Waals surface area contributed by atoms with E-state index in [-0.39, 0.29) is 6.10 Å². The number of hydrogen-bond donors (Lipinski definition) is 0. The van der Waals surface area contributed by atoms with Gasteiger partial charge in [0, 0.05) is 24.6 Å². The molecule has 6 heteroatoms. The number of rotatable bonds is 7. The van der Waals surface area contributed by atoms with Crippen molar-refractivity contribution >= 4 is 11.3 Å². The van der Waals surface area contributed by atoms with Gasteiger partial charge in [-0.1, -0.05) is 19.0 Å². The first-order valence-corrected chi connectivity index (χ1v) is 9.19. The molecular weight excluding hydrogens is 310 g/mol. The van der Waals surface area contributed by atoms with Crippen LogP contribution in [0.2, 0.25) is 0 Å². The van der Waals surface area contributed by atoms with E-state index in [9.17, 15) is 0 Å². The van der Waals surface area contributed by atoms with E-state index >= 15 is 0 Å². The van der Waals surface area contributed by atoms with Gasteiger partial charge in [-0.15, -0.1) is 11.3 Å². The Morgan fingerprint density at radius 1 is 1.39 bits per heavy atom. The summed E-state index contributed by atoms with van der Waals surface area (Å²) in [6.07, 6.45) is 2.04. The summed E-state index contributed by atoms with van der Waals surface area (Å²) < 4.78 is 11.0. The number of hydrogen-bond acceptors (Lipinski definition) is 6. The average Bonchev–Trinajstić information content (AvgIpc) is 3.21. The van der Waals surface area contributed by atoms with Crippen molar-refractivity contribution in [1.29, 1.82) is 0 Å². The number of aromatic nitrogens is 2. The maximum Gasteiger partial charge on any atom is 0.255 e. The molecule has 1 fully saturated rings. The summed E-state index contributed by atoms with van der Waals surface area (Å²) in [6.45, 7) is 10.1. The lowest BCUT2D eigenvalue weighted by molar-refractivity contribution is 0.0835. The lowest BCUT2D eigenvalue weighted by Crippen LogP contribution is -2.27. The Kier molecular flexibility index (Phi) is 5.46. The molecule has 126 valence electrons. The third kappa shape index (κ3) is 4.40. The van der Waals surface area contributed by atoms with E-state index in [1.165, 1.54) is 10.4 Å². The van der Waals surface area contributed by atoms with Crippen LogP contribution in [0.5, 0.6) is 0 Å². The lowest BCUT2D eigenvalue weighted by Gasteiger charge is -2.22. The van der Waals surface area contributed by atoms with Crippen molar-refractivity contribution < 1.29 is 9.26 Å². The summed E-state index contributed by atoms with van der Waals surface area (Å²) in [5.74, 6) is 1.99. The summed E-state index contributed by atoms with van der Waals surface area (Å²) in [5, 5.41) is 6.31. The molecule has 1 aliphatic rings. The summed E-state index contributed by atoms with van der Waals surface area (Å²) in [7, 11) is 0. The highest BCUT2D eigenvalue weighted by atomic mass is 32.1. The van der Waals surface area contributed by atoms with Crippen molar-refractivity contribution in [2.75, 3.05) is 13.2 Å². The van der Waals surface area contributed by atoms with Gasteiger partial charge in [-0.25, -0.2) is 0 Å². The molecule has 0 unspecified atom stereocenters. The zero-order valence-electron chi connectivity index (χ0n) is 14.1. The predicted octanol–water partition coefficient (Wildman–Crippen LogP) is 3.95. The molecule has 2 aromatic rings. The summed E-state index contributed by atoms with van der Waals surface area (Å²) in [6, 6.07) is 2.18. The van der Waals surface area contributed by atoms with Crippen molar-refractivity contribution in [3.63, 3.8) is 0 Å². The van der Waals surface area contributed by atoms with Gasteiger partial charge in [-0.2, -0.15) is 4.98 Å². The smallest absolute Gasteiger partial charge is 0.255 e. The van der Waals surface area contributed by atoms with Gasteiger partial charge in [0.2, 0.25) is 0 Å². The third-order valence-electron chi connectivity index (χ3n) is 4.01.